The van der Waals surface area contributed by atoms with Crippen molar-refractivity contribution in [3.8, 4) is 0 Å². The molecule has 23 heavy (non-hydrogen) atoms. The third-order valence-electron chi connectivity index (χ3n) is 3.49. The first kappa shape index (κ1) is 16.5. The van der Waals surface area contributed by atoms with Crippen LogP contribution in [-0.2, 0) is 6.42 Å². The van der Waals surface area contributed by atoms with E-state index in [0.29, 0.717) is 12.2 Å². The predicted molar refractivity (Wildman–Crippen MR) is 89.7 cm³/mol. The number of anilines is 1. The number of hydrogen-bond donors (Lipinski definition) is 2. The summed E-state index contributed by atoms with van der Waals surface area (Å²) in [6, 6.07) is 10.4. The summed E-state index contributed by atoms with van der Waals surface area (Å²) < 4.78 is 0. The van der Waals surface area contributed by atoms with Gasteiger partial charge in [-0.05, 0) is 31.9 Å². The summed E-state index contributed by atoms with van der Waals surface area (Å²) in [7, 11) is 0. The summed E-state index contributed by atoms with van der Waals surface area (Å²) in [6.45, 7) is 4.69. The molecule has 0 spiro atoms. The molecule has 2 aromatic carbocycles. The van der Waals surface area contributed by atoms with Crippen molar-refractivity contribution in [3.63, 3.8) is 0 Å². The molecule has 1 amide bonds. The molecule has 0 heterocycles. The minimum atomic E-state index is -0.692. The Hall–Kier alpha value is -2.89. The second kappa shape index (κ2) is 6.91. The van der Waals surface area contributed by atoms with Gasteiger partial charge in [0.2, 0.25) is 0 Å². The highest BCUT2D eigenvalue weighted by Gasteiger charge is 2.14. The van der Waals surface area contributed by atoms with E-state index in [9.17, 15) is 14.9 Å². The zero-order valence-electron chi connectivity index (χ0n) is 13.1. The molecule has 0 radical (unpaired) electrons. The lowest BCUT2D eigenvalue weighted by Crippen LogP contribution is -2.16. The molecule has 0 aliphatic rings. The van der Waals surface area contributed by atoms with Gasteiger partial charge in [-0.15, -0.1) is 0 Å². The largest absolute Gasteiger partial charge is 0.384 e. The second-order valence-corrected chi connectivity index (χ2v) is 5.52. The van der Waals surface area contributed by atoms with Crippen molar-refractivity contribution < 1.29 is 9.72 Å². The van der Waals surface area contributed by atoms with Crippen molar-refractivity contribution in [1.29, 1.82) is 0 Å². The number of nitro benzene ring substituents is 1. The lowest BCUT2D eigenvalue weighted by Gasteiger charge is -2.11. The van der Waals surface area contributed by atoms with Crippen LogP contribution in [0.4, 0.5) is 11.4 Å². The van der Waals surface area contributed by atoms with E-state index in [1.807, 2.05) is 13.8 Å². The van der Waals surface area contributed by atoms with Crippen LogP contribution < -0.4 is 11.1 Å². The summed E-state index contributed by atoms with van der Waals surface area (Å²) >= 11 is 0. The van der Waals surface area contributed by atoms with E-state index in [1.165, 1.54) is 34.9 Å². The number of carbonyl (C=O) groups is 1. The fourth-order valence-electron chi connectivity index (χ4n) is 2.56. The van der Waals surface area contributed by atoms with Gasteiger partial charge in [-0.2, -0.15) is 0 Å². The minimum absolute atomic E-state index is 0.125. The second-order valence-electron chi connectivity index (χ2n) is 5.52. The number of nitrogens with one attached hydrogen (secondary N) is 1. The molecule has 6 nitrogen and oxygen atoms in total. The number of non-ortho nitro benzene ring substituents is 1. The molecular formula is C17H19N3O3. The number of amides is 1. The van der Waals surface area contributed by atoms with Crippen LogP contribution in [0, 0.1) is 24.0 Å². The Kier molecular flexibility index (Phi) is 4.95. The van der Waals surface area contributed by atoms with E-state index in [2.05, 4.69) is 23.5 Å². The topological polar surface area (TPSA) is 98.3 Å². The number of carbonyl (C=O) groups excluding carboxylic acids is 1. The molecule has 0 aromatic heterocycles. The number of nitro groups is 1. The Balaban J connectivity index is 2.10. The molecule has 0 aliphatic heterocycles. The Bertz CT molecular complexity index is 736. The lowest BCUT2D eigenvalue weighted by molar-refractivity contribution is -0.384. The molecule has 0 saturated heterocycles. The van der Waals surface area contributed by atoms with E-state index in [0.717, 1.165) is 6.42 Å². The Morgan fingerprint density at radius 3 is 2.39 bits per heavy atom. The lowest BCUT2D eigenvalue weighted by atomic mass is 10.0. The summed E-state index contributed by atoms with van der Waals surface area (Å²) in [6.07, 6.45) is 0.776. The van der Waals surface area contributed by atoms with Gasteiger partial charge in [0.25, 0.3) is 11.6 Å². The van der Waals surface area contributed by atoms with Crippen molar-refractivity contribution in [2.45, 2.75) is 20.3 Å². The van der Waals surface area contributed by atoms with Gasteiger partial charge >= 0.3 is 0 Å². The number of aryl methyl sites for hydroxylation is 2. The Labute approximate surface area is 134 Å². The van der Waals surface area contributed by atoms with Crippen LogP contribution in [0.1, 0.15) is 27.0 Å². The van der Waals surface area contributed by atoms with Gasteiger partial charge in [0.05, 0.1) is 10.5 Å². The van der Waals surface area contributed by atoms with Gasteiger partial charge in [-0.1, -0.05) is 29.3 Å². The van der Waals surface area contributed by atoms with Crippen LogP contribution in [0.2, 0.25) is 0 Å². The monoisotopic (exact) mass is 313 g/mol. The maximum absolute atomic E-state index is 11.5. The number of rotatable bonds is 6. The molecule has 3 N–H and O–H groups in total. The van der Waals surface area contributed by atoms with Crippen molar-refractivity contribution in [2.75, 3.05) is 11.9 Å². The zero-order chi connectivity index (χ0) is 17.0. The molecule has 0 fully saturated rings. The van der Waals surface area contributed by atoms with Crippen molar-refractivity contribution in [3.05, 3.63) is 68.8 Å². The molecule has 6 heteroatoms. The molecule has 0 atom stereocenters. The molecule has 0 bridgehead atoms. The van der Waals surface area contributed by atoms with Gasteiger partial charge in [0, 0.05) is 24.4 Å². The normalized spacial score (nSPS) is 10.3. The summed E-state index contributed by atoms with van der Waals surface area (Å²) in [5.74, 6) is -0.692. The van der Waals surface area contributed by atoms with Gasteiger partial charge in [0.1, 0.15) is 0 Å². The van der Waals surface area contributed by atoms with E-state index < -0.39 is 10.8 Å². The highest BCUT2D eigenvalue weighted by Crippen LogP contribution is 2.22. The van der Waals surface area contributed by atoms with Gasteiger partial charge in [0.15, 0.2) is 0 Å². The fraction of sp³-hybridized carbons (Fsp3) is 0.235. The number of nitrogens with zero attached hydrogens (tertiary/aromatic N) is 1. The average molecular weight is 313 g/mol. The predicted octanol–water partition coefficient (Wildman–Crippen LogP) is 2.97. The molecule has 120 valence electrons. The number of hydrogen-bond acceptors (Lipinski definition) is 4. The summed E-state index contributed by atoms with van der Waals surface area (Å²) in [5.41, 5.74) is 9.38. The third-order valence-corrected chi connectivity index (χ3v) is 3.49. The number of benzene rings is 2. The highest BCUT2D eigenvalue weighted by molar-refractivity contribution is 5.99. The quantitative estimate of drug-likeness (QED) is 0.632. The number of nitrogens with two attached hydrogens (primary N) is 1. The SMILES string of the molecule is Cc1cc(C)cc(CCNc2ccc([N+](=O)[O-])cc2C(N)=O)c1. The van der Waals surface area contributed by atoms with E-state index in [4.69, 9.17) is 5.73 Å². The number of primary amides is 1. The minimum Gasteiger partial charge on any atom is -0.384 e. The first-order valence-corrected chi connectivity index (χ1v) is 7.26. The standard InChI is InChI=1S/C17H19N3O3/c1-11-7-12(2)9-13(8-11)5-6-19-16-4-3-14(20(22)23)10-15(16)17(18)21/h3-4,7-10,19H,5-6H2,1-2H3,(H2,18,21). The van der Waals surface area contributed by atoms with Crippen LogP contribution in [0.15, 0.2) is 36.4 Å². The van der Waals surface area contributed by atoms with Crippen molar-refractivity contribution >= 4 is 17.3 Å². The summed E-state index contributed by atoms with van der Waals surface area (Å²) in [5, 5.41) is 13.9. The third kappa shape index (κ3) is 4.29. The van der Waals surface area contributed by atoms with Crippen LogP contribution in [0.5, 0.6) is 0 Å². The first-order chi connectivity index (χ1) is 10.9. The van der Waals surface area contributed by atoms with Crippen LogP contribution in [0.3, 0.4) is 0 Å². The molecule has 0 saturated carbocycles. The zero-order valence-corrected chi connectivity index (χ0v) is 13.1. The van der Waals surface area contributed by atoms with Gasteiger partial charge in [-0.3, -0.25) is 14.9 Å². The van der Waals surface area contributed by atoms with Crippen molar-refractivity contribution in [1.82, 2.24) is 0 Å². The smallest absolute Gasteiger partial charge is 0.270 e. The van der Waals surface area contributed by atoms with Gasteiger partial charge in [-0.25, -0.2) is 0 Å². The molecule has 0 aliphatic carbocycles. The fourth-order valence-corrected chi connectivity index (χ4v) is 2.56. The Morgan fingerprint density at radius 1 is 1.17 bits per heavy atom. The maximum Gasteiger partial charge on any atom is 0.270 e. The molecular weight excluding hydrogens is 294 g/mol. The molecule has 2 aromatic rings. The van der Waals surface area contributed by atoms with Crippen LogP contribution in [-0.4, -0.2) is 17.4 Å². The van der Waals surface area contributed by atoms with Gasteiger partial charge < -0.3 is 11.1 Å². The maximum atomic E-state index is 11.5. The molecule has 0 unspecified atom stereocenters. The van der Waals surface area contributed by atoms with E-state index >= 15 is 0 Å². The van der Waals surface area contributed by atoms with Crippen molar-refractivity contribution in [2.24, 2.45) is 5.73 Å². The van der Waals surface area contributed by atoms with Crippen LogP contribution >= 0.6 is 0 Å². The Morgan fingerprint density at radius 2 is 1.83 bits per heavy atom. The summed E-state index contributed by atoms with van der Waals surface area (Å²) in [4.78, 5) is 21.7. The van der Waals surface area contributed by atoms with E-state index in [-0.39, 0.29) is 11.3 Å². The molecule has 2 rings (SSSR count). The average Bonchev–Trinajstić information content (AvgIpc) is 2.46. The first-order valence-electron chi connectivity index (χ1n) is 7.26. The van der Waals surface area contributed by atoms with E-state index in [1.54, 1.807) is 0 Å². The van der Waals surface area contributed by atoms with Crippen LogP contribution in [0.25, 0.3) is 0 Å². The highest BCUT2D eigenvalue weighted by atomic mass is 16.6.